The lowest BCUT2D eigenvalue weighted by molar-refractivity contribution is 0.0522. The van der Waals surface area contributed by atoms with E-state index in [-0.39, 0.29) is 5.69 Å². The van der Waals surface area contributed by atoms with E-state index in [1.165, 1.54) is 0 Å². The first-order chi connectivity index (χ1) is 10.7. The maximum absolute atomic E-state index is 12.2. The minimum absolute atomic E-state index is 0.275. The lowest BCUT2D eigenvalue weighted by Gasteiger charge is -2.08. The highest BCUT2D eigenvalue weighted by atomic mass is 35.5. The zero-order valence-electron chi connectivity index (χ0n) is 11.9. The summed E-state index contributed by atoms with van der Waals surface area (Å²) in [5.74, 6) is 0.0229. The number of carbonyl (C=O) groups is 1. The molecule has 0 unspecified atom stereocenters. The molecule has 0 fully saturated rings. The molecule has 0 spiro atoms. The summed E-state index contributed by atoms with van der Waals surface area (Å²) in [6.07, 6.45) is 0. The van der Waals surface area contributed by atoms with Crippen LogP contribution in [0, 0.1) is 0 Å². The number of rotatable bonds is 3. The highest BCUT2D eigenvalue weighted by Gasteiger charge is 2.16. The zero-order chi connectivity index (χ0) is 15.5. The van der Waals surface area contributed by atoms with Crippen LogP contribution in [0.5, 0.6) is 0 Å². The number of ether oxygens (including phenoxy) is 1. The van der Waals surface area contributed by atoms with Gasteiger partial charge in [-0.2, -0.15) is 0 Å². The van der Waals surface area contributed by atoms with Crippen molar-refractivity contribution in [3.8, 4) is 11.4 Å². The van der Waals surface area contributed by atoms with Crippen LogP contribution in [0.1, 0.15) is 17.4 Å². The smallest absolute Gasteiger partial charge is 0.357 e. The molecule has 0 amide bonds. The van der Waals surface area contributed by atoms with Gasteiger partial charge in [0.05, 0.1) is 12.1 Å². The molecule has 4 nitrogen and oxygen atoms in total. The Morgan fingerprint density at radius 1 is 1.09 bits per heavy atom. The van der Waals surface area contributed by atoms with Crippen LogP contribution in [-0.4, -0.2) is 22.5 Å². The molecule has 0 radical (unpaired) electrons. The zero-order valence-corrected chi connectivity index (χ0v) is 12.7. The van der Waals surface area contributed by atoms with Crippen LogP contribution in [0.25, 0.3) is 22.3 Å². The minimum atomic E-state index is -0.448. The molecule has 0 atom stereocenters. The standard InChI is InChI=1S/C17H13ClN2O2/c1-2-22-17(21)15-13-5-3-4-6-14(13)19-16(20-15)11-7-9-12(18)10-8-11/h3-10H,2H2,1H3. The van der Waals surface area contributed by atoms with Crippen molar-refractivity contribution in [3.05, 3.63) is 59.2 Å². The van der Waals surface area contributed by atoms with Crippen molar-refractivity contribution < 1.29 is 9.53 Å². The molecule has 3 aromatic rings. The first-order valence-corrected chi connectivity index (χ1v) is 7.26. The second kappa shape index (κ2) is 6.12. The number of aromatic nitrogens is 2. The number of hydrogen-bond acceptors (Lipinski definition) is 4. The predicted molar refractivity (Wildman–Crippen MR) is 85.9 cm³/mol. The topological polar surface area (TPSA) is 52.1 Å². The second-order valence-electron chi connectivity index (χ2n) is 4.64. The van der Waals surface area contributed by atoms with Crippen LogP contribution < -0.4 is 0 Å². The van der Waals surface area contributed by atoms with Gasteiger partial charge in [-0.05, 0) is 37.3 Å². The summed E-state index contributed by atoms with van der Waals surface area (Å²) in [5.41, 5.74) is 1.77. The maximum atomic E-state index is 12.2. The van der Waals surface area contributed by atoms with Gasteiger partial charge in [0, 0.05) is 16.0 Å². The Bertz CT molecular complexity index is 832. The quantitative estimate of drug-likeness (QED) is 0.682. The van der Waals surface area contributed by atoms with Crippen molar-refractivity contribution in [1.82, 2.24) is 9.97 Å². The van der Waals surface area contributed by atoms with E-state index >= 15 is 0 Å². The molecule has 0 aliphatic heterocycles. The summed E-state index contributed by atoms with van der Waals surface area (Å²) in [4.78, 5) is 21.1. The highest BCUT2D eigenvalue weighted by molar-refractivity contribution is 6.30. The molecule has 0 saturated heterocycles. The van der Waals surface area contributed by atoms with Gasteiger partial charge in [0.2, 0.25) is 0 Å². The van der Waals surface area contributed by atoms with Crippen molar-refractivity contribution in [3.63, 3.8) is 0 Å². The van der Waals surface area contributed by atoms with E-state index in [1.807, 2.05) is 36.4 Å². The fraction of sp³-hybridized carbons (Fsp3) is 0.118. The monoisotopic (exact) mass is 312 g/mol. The van der Waals surface area contributed by atoms with E-state index in [2.05, 4.69) is 9.97 Å². The fourth-order valence-corrected chi connectivity index (χ4v) is 2.29. The summed E-state index contributed by atoms with van der Waals surface area (Å²) in [5, 5.41) is 1.31. The molecule has 1 heterocycles. The highest BCUT2D eigenvalue weighted by Crippen LogP contribution is 2.23. The fourth-order valence-electron chi connectivity index (χ4n) is 2.16. The van der Waals surface area contributed by atoms with Gasteiger partial charge in [0.1, 0.15) is 0 Å². The largest absolute Gasteiger partial charge is 0.461 e. The van der Waals surface area contributed by atoms with Crippen LogP contribution in [0.2, 0.25) is 5.02 Å². The Hall–Kier alpha value is -2.46. The summed E-state index contributed by atoms with van der Waals surface area (Å²) in [6, 6.07) is 14.5. The average Bonchev–Trinajstić information content (AvgIpc) is 2.54. The van der Waals surface area contributed by atoms with Crippen LogP contribution >= 0.6 is 11.6 Å². The van der Waals surface area contributed by atoms with Gasteiger partial charge in [-0.25, -0.2) is 14.8 Å². The molecule has 0 bridgehead atoms. The first kappa shape index (κ1) is 14.5. The van der Waals surface area contributed by atoms with E-state index in [0.717, 1.165) is 5.56 Å². The molecular formula is C17H13ClN2O2. The molecule has 1 aromatic heterocycles. The van der Waals surface area contributed by atoms with Crippen LogP contribution in [0.3, 0.4) is 0 Å². The molecule has 3 rings (SSSR count). The number of benzene rings is 2. The number of hydrogen-bond donors (Lipinski definition) is 0. The normalized spacial score (nSPS) is 10.6. The number of carbonyl (C=O) groups excluding carboxylic acids is 1. The van der Waals surface area contributed by atoms with E-state index in [9.17, 15) is 4.79 Å². The van der Waals surface area contributed by atoms with Gasteiger partial charge in [0.25, 0.3) is 0 Å². The summed E-state index contributed by atoms with van der Waals surface area (Å²) < 4.78 is 5.10. The Morgan fingerprint density at radius 3 is 2.55 bits per heavy atom. The van der Waals surface area contributed by atoms with E-state index in [4.69, 9.17) is 16.3 Å². The Morgan fingerprint density at radius 2 is 1.82 bits per heavy atom. The third-order valence-corrected chi connectivity index (χ3v) is 3.43. The molecule has 0 saturated carbocycles. The molecule has 0 N–H and O–H groups in total. The predicted octanol–water partition coefficient (Wildman–Crippen LogP) is 4.13. The minimum Gasteiger partial charge on any atom is -0.461 e. The summed E-state index contributed by atoms with van der Waals surface area (Å²) >= 11 is 5.90. The summed E-state index contributed by atoms with van der Waals surface area (Å²) in [6.45, 7) is 2.06. The molecule has 5 heteroatoms. The Balaban J connectivity index is 2.20. The second-order valence-corrected chi connectivity index (χ2v) is 5.08. The molecule has 0 aliphatic rings. The van der Waals surface area contributed by atoms with Gasteiger partial charge in [-0.1, -0.05) is 29.8 Å². The Kier molecular flexibility index (Phi) is 4.02. The Labute approximate surface area is 132 Å². The van der Waals surface area contributed by atoms with Crippen molar-refractivity contribution in [2.75, 3.05) is 6.61 Å². The molecule has 110 valence electrons. The number of esters is 1. The third kappa shape index (κ3) is 2.78. The van der Waals surface area contributed by atoms with Crippen molar-refractivity contribution >= 4 is 28.5 Å². The van der Waals surface area contributed by atoms with Gasteiger partial charge in [-0.3, -0.25) is 0 Å². The number of nitrogens with zero attached hydrogens (tertiary/aromatic N) is 2. The van der Waals surface area contributed by atoms with Gasteiger partial charge >= 0.3 is 5.97 Å². The van der Waals surface area contributed by atoms with Gasteiger partial charge in [0.15, 0.2) is 11.5 Å². The number of fused-ring (bicyclic) bond motifs is 1. The van der Waals surface area contributed by atoms with Crippen molar-refractivity contribution in [2.24, 2.45) is 0 Å². The molecule has 22 heavy (non-hydrogen) atoms. The van der Waals surface area contributed by atoms with E-state index in [0.29, 0.717) is 28.4 Å². The van der Waals surface area contributed by atoms with Crippen molar-refractivity contribution in [2.45, 2.75) is 6.92 Å². The SMILES string of the molecule is CCOC(=O)c1nc(-c2ccc(Cl)cc2)nc2ccccc12. The molecule has 2 aromatic carbocycles. The van der Waals surface area contributed by atoms with Crippen molar-refractivity contribution in [1.29, 1.82) is 0 Å². The lowest BCUT2D eigenvalue weighted by Crippen LogP contribution is -2.09. The van der Waals surface area contributed by atoms with Crippen LogP contribution in [0.4, 0.5) is 0 Å². The third-order valence-electron chi connectivity index (χ3n) is 3.17. The molecular weight excluding hydrogens is 300 g/mol. The summed E-state index contributed by atoms with van der Waals surface area (Å²) in [7, 11) is 0. The van der Waals surface area contributed by atoms with Gasteiger partial charge < -0.3 is 4.74 Å². The maximum Gasteiger partial charge on any atom is 0.357 e. The first-order valence-electron chi connectivity index (χ1n) is 6.89. The van der Waals surface area contributed by atoms with E-state index < -0.39 is 5.97 Å². The van der Waals surface area contributed by atoms with Gasteiger partial charge in [-0.15, -0.1) is 0 Å². The lowest BCUT2D eigenvalue weighted by atomic mass is 10.1. The average molecular weight is 313 g/mol. The number of para-hydroxylation sites is 1. The van der Waals surface area contributed by atoms with Crippen LogP contribution in [0.15, 0.2) is 48.5 Å². The van der Waals surface area contributed by atoms with Crippen LogP contribution in [-0.2, 0) is 4.74 Å². The number of halogens is 1. The van der Waals surface area contributed by atoms with E-state index in [1.54, 1.807) is 19.1 Å². The molecule has 0 aliphatic carbocycles.